The Kier molecular flexibility index (Phi) is 3.10. The largest absolute Gasteiger partial charge is 0.478 e. The molecule has 1 heterocycles. The Morgan fingerprint density at radius 2 is 2.11 bits per heavy atom. The van der Waals surface area contributed by atoms with E-state index in [0.717, 1.165) is 12.1 Å². The zero-order chi connectivity index (χ0) is 14.0. The maximum Gasteiger partial charge on any atom is 0.342 e. The molecule has 0 saturated carbocycles. The Morgan fingerprint density at radius 1 is 1.37 bits per heavy atom. The number of benzene rings is 1. The van der Waals surface area contributed by atoms with Crippen molar-refractivity contribution in [2.45, 2.75) is 0 Å². The van der Waals surface area contributed by atoms with Crippen molar-refractivity contribution in [3.8, 4) is 0 Å². The number of aromatic carboxylic acids is 1. The molecule has 0 atom stereocenters. The molecule has 0 radical (unpaired) electrons. The second-order valence-electron chi connectivity index (χ2n) is 3.48. The number of nitrogens with zero attached hydrogens (tertiary/aromatic N) is 1. The fourth-order valence-electron chi connectivity index (χ4n) is 1.34. The van der Waals surface area contributed by atoms with Gasteiger partial charge in [0.05, 0.1) is 5.56 Å². The monoisotopic (exact) mass is 266 g/mol. The van der Waals surface area contributed by atoms with Crippen LogP contribution in [0.15, 0.2) is 27.8 Å². The van der Waals surface area contributed by atoms with E-state index in [1.165, 1.54) is 6.07 Å². The first-order valence-corrected chi connectivity index (χ1v) is 4.96. The first-order valence-electron chi connectivity index (χ1n) is 4.96. The summed E-state index contributed by atoms with van der Waals surface area (Å²) in [5, 5.41) is 16.5. The fraction of sp³-hybridized carbons (Fsp3) is 0. The summed E-state index contributed by atoms with van der Waals surface area (Å²) < 4.78 is 13.4. The van der Waals surface area contributed by atoms with Gasteiger partial charge in [0, 0.05) is 5.69 Å². The van der Waals surface area contributed by atoms with Crippen molar-refractivity contribution in [3.05, 3.63) is 50.4 Å². The van der Waals surface area contributed by atoms with Crippen LogP contribution >= 0.6 is 0 Å². The Labute approximate surface area is 103 Å². The number of halogens is 1. The highest BCUT2D eigenvalue weighted by molar-refractivity contribution is 5.88. The van der Waals surface area contributed by atoms with Crippen molar-refractivity contribution in [2.24, 2.45) is 0 Å². The number of aromatic amines is 2. The van der Waals surface area contributed by atoms with Crippen LogP contribution in [-0.2, 0) is 0 Å². The summed E-state index contributed by atoms with van der Waals surface area (Å²) in [6.45, 7) is 0. The summed E-state index contributed by atoms with van der Waals surface area (Å²) in [6, 6.07) is 3.20. The molecule has 2 aromatic rings. The predicted octanol–water partition coefficient (Wildman–Crippen LogP) is 0.0391. The molecule has 0 aliphatic rings. The van der Waals surface area contributed by atoms with Gasteiger partial charge in [-0.1, -0.05) is 0 Å². The molecule has 4 N–H and O–H groups in total. The summed E-state index contributed by atoms with van der Waals surface area (Å²) in [7, 11) is 0. The number of hydrogen-bond donors (Lipinski definition) is 4. The maximum absolute atomic E-state index is 13.4. The Hall–Kier alpha value is -2.97. The van der Waals surface area contributed by atoms with E-state index in [4.69, 9.17) is 5.11 Å². The minimum absolute atomic E-state index is 0.118. The van der Waals surface area contributed by atoms with Gasteiger partial charge in [-0.3, -0.25) is 9.78 Å². The molecule has 0 fully saturated rings. The molecule has 0 bridgehead atoms. The number of anilines is 2. The zero-order valence-corrected chi connectivity index (χ0v) is 9.23. The first kappa shape index (κ1) is 12.5. The van der Waals surface area contributed by atoms with E-state index in [1.807, 2.05) is 10.1 Å². The molecule has 1 aromatic heterocycles. The Bertz CT molecular complexity index is 752. The fourth-order valence-corrected chi connectivity index (χ4v) is 1.34. The number of H-pyrrole nitrogens is 2. The summed E-state index contributed by atoms with van der Waals surface area (Å²) >= 11 is 0. The Morgan fingerprint density at radius 3 is 2.68 bits per heavy atom. The third-order valence-electron chi connectivity index (χ3n) is 2.17. The highest BCUT2D eigenvalue weighted by atomic mass is 19.1. The summed E-state index contributed by atoms with van der Waals surface area (Å²) in [4.78, 5) is 34.6. The SMILES string of the molecule is O=C(O)c1ccc(Nc2n[nH]c(=O)[nH]c2=O)cc1F. The highest BCUT2D eigenvalue weighted by Gasteiger charge is 2.11. The van der Waals surface area contributed by atoms with Gasteiger partial charge in [0.25, 0.3) is 5.56 Å². The van der Waals surface area contributed by atoms with Gasteiger partial charge in [-0.05, 0) is 18.2 Å². The molecule has 1 aromatic carbocycles. The van der Waals surface area contributed by atoms with Gasteiger partial charge >= 0.3 is 11.7 Å². The van der Waals surface area contributed by atoms with E-state index < -0.39 is 28.6 Å². The molecular formula is C10H7FN4O4. The van der Waals surface area contributed by atoms with E-state index in [0.29, 0.717) is 0 Å². The van der Waals surface area contributed by atoms with Crippen LogP contribution in [0.25, 0.3) is 0 Å². The van der Waals surface area contributed by atoms with Crippen molar-refractivity contribution in [1.82, 2.24) is 15.2 Å². The molecule has 0 unspecified atom stereocenters. The van der Waals surface area contributed by atoms with E-state index in [1.54, 1.807) is 0 Å². The molecule has 0 spiro atoms. The van der Waals surface area contributed by atoms with Gasteiger partial charge in [0.1, 0.15) is 5.82 Å². The van der Waals surface area contributed by atoms with E-state index in [9.17, 15) is 18.8 Å². The number of carboxylic acid groups (broad SMARTS) is 1. The zero-order valence-electron chi connectivity index (χ0n) is 9.23. The lowest BCUT2D eigenvalue weighted by Crippen LogP contribution is -2.25. The summed E-state index contributed by atoms with van der Waals surface area (Å²) in [6.07, 6.45) is 0. The number of carbonyl (C=O) groups is 1. The highest BCUT2D eigenvalue weighted by Crippen LogP contribution is 2.16. The molecule has 9 heteroatoms. The smallest absolute Gasteiger partial charge is 0.342 e. The minimum Gasteiger partial charge on any atom is -0.478 e. The number of hydrogen-bond acceptors (Lipinski definition) is 5. The number of aromatic nitrogens is 3. The van der Waals surface area contributed by atoms with E-state index in [-0.39, 0.29) is 11.5 Å². The van der Waals surface area contributed by atoms with Gasteiger partial charge in [-0.2, -0.15) is 0 Å². The molecule has 8 nitrogen and oxygen atoms in total. The lowest BCUT2D eigenvalue weighted by molar-refractivity contribution is 0.0692. The van der Waals surface area contributed by atoms with Crippen molar-refractivity contribution in [2.75, 3.05) is 5.32 Å². The lowest BCUT2D eigenvalue weighted by atomic mass is 10.2. The number of nitrogens with one attached hydrogen (secondary N) is 3. The normalized spacial score (nSPS) is 10.2. The van der Waals surface area contributed by atoms with Crippen LogP contribution in [0.2, 0.25) is 0 Å². The molecule has 0 aliphatic carbocycles. The standard InChI is InChI=1S/C10H7FN4O4/c11-6-3-4(1-2-5(6)9(17)18)12-7-8(16)13-10(19)15-14-7/h1-3H,(H,12,14)(H,17,18)(H2,13,15,16,19). The van der Waals surface area contributed by atoms with Gasteiger partial charge < -0.3 is 10.4 Å². The summed E-state index contributed by atoms with van der Waals surface area (Å²) in [5.74, 6) is -2.61. The number of carboxylic acids is 1. The van der Waals surface area contributed by atoms with E-state index in [2.05, 4.69) is 10.4 Å². The van der Waals surface area contributed by atoms with Crippen LogP contribution in [0, 0.1) is 5.82 Å². The minimum atomic E-state index is -1.40. The van der Waals surface area contributed by atoms with Crippen molar-refractivity contribution in [3.63, 3.8) is 0 Å². The molecule has 0 aliphatic heterocycles. The van der Waals surface area contributed by atoms with Gasteiger partial charge in [0.15, 0.2) is 0 Å². The second-order valence-corrected chi connectivity index (χ2v) is 3.48. The molecular weight excluding hydrogens is 259 g/mol. The van der Waals surface area contributed by atoms with Crippen LogP contribution in [0.3, 0.4) is 0 Å². The lowest BCUT2D eigenvalue weighted by Gasteiger charge is -2.05. The third kappa shape index (κ3) is 2.65. The van der Waals surface area contributed by atoms with Crippen LogP contribution in [0.1, 0.15) is 10.4 Å². The van der Waals surface area contributed by atoms with Gasteiger partial charge in [-0.25, -0.2) is 19.1 Å². The van der Waals surface area contributed by atoms with E-state index >= 15 is 0 Å². The maximum atomic E-state index is 13.4. The van der Waals surface area contributed by atoms with Crippen molar-refractivity contribution < 1.29 is 14.3 Å². The predicted molar refractivity (Wildman–Crippen MR) is 62.1 cm³/mol. The average molecular weight is 266 g/mol. The van der Waals surface area contributed by atoms with Crippen molar-refractivity contribution >= 4 is 17.5 Å². The molecule has 98 valence electrons. The Balaban J connectivity index is 2.34. The quantitative estimate of drug-likeness (QED) is 0.621. The van der Waals surface area contributed by atoms with Crippen molar-refractivity contribution in [1.29, 1.82) is 0 Å². The van der Waals surface area contributed by atoms with Gasteiger partial charge in [-0.15, -0.1) is 5.10 Å². The van der Waals surface area contributed by atoms with Crippen LogP contribution in [0.5, 0.6) is 0 Å². The topological polar surface area (TPSA) is 128 Å². The second kappa shape index (κ2) is 4.72. The first-order chi connectivity index (χ1) is 8.97. The third-order valence-corrected chi connectivity index (χ3v) is 2.17. The van der Waals surface area contributed by atoms with Crippen LogP contribution in [0.4, 0.5) is 15.9 Å². The molecule has 0 amide bonds. The number of rotatable bonds is 3. The molecule has 0 saturated heterocycles. The van der Waals surface area contributed by atoms with Crippen LogP contribution in [-0.4, -0.2) is 26.3 Å². The van der Waals surface area contributed by atoms with Crippen LogP contribution < -0.4 is 16.6 Å². The van der Waals surface area contributed by atoms with Gasteiger partial charge in [0.2, 0.25) is 5.82 Å². The summed E-state index contributed by atoms with van der Waals surface area (Å²) in [5.41, 5.74) is -1.93. The molecule has 19 heavy (non-hydrogen) atoms. The molecule has 2 rings (SSSR count). The average Bonchev–Trinajstić information content (AvgIpc) is 2.32.